The van der Waals surface area contributed by atoms with Crippen molar-refractivity contribution in [3.8, 4) is 0 Å². The average molecular weight is 245 g/mol. The van der Waals surface area contributed by atoms with Crippen molar-refractivity contribution in [2.75, 3.05) is 17.6 Å². The maximum atomic E-state index is 11.1. The van der Waals surface area contributed by atoms with Gasteiger partial charge >= 0.3 is 0 Å². The van der Waals surface area contributed by atoms with E-state index in [1.165, 1.54) is 0 Å². The summed E-state index contributed by atoms with van der Waals surface area (Å²) in [6, 6.07) is 4.93. The number of rotatable bonds is 5. The second kappa shape index (κ2) is 5.22. The van der Waals surface area contributed by atoms with Crippen LogP contribution in [0.2, 0.25) is 0 Å². The fraction of sp³-hybridized carbons (Fsp3) is 0.167. The van der Waals surface area contributed by atoms with E-state index >= 15 is 0 Å². The van der Waals surface area contributed by atoms with Crippen molar-refractivity contribution >= 4 is 17.3 Å². The molecular weight excluding hydrogens is 230 g/mol. The number of hydrogen-bond acceptors (Lipinski definition) is 4. The van der Waals surface area contributed by atoms with Gasteiger partial charge in [-0.3, -0.25) is 4.79 Å². The summed E-state index contributed by atoms with van der Waals surface area (Å²) in [5.41, 5.74) is 12.8. The predicted molar refractivity (Wildman–Crippen MR) is 70.1 cm³/mol. The van der Waals surface area contributed by atoms with Crippen molar-refractivity contribution in [3.63, 3.8) is 0 Å². The first-order valence-corrected chi connectivity index (χ1v) is 5.56. The van der Waals surface area contributed by atoms with Crippen molar-refractivity contribution in [2.24, 2.45) is 5.73 Å². The second-order valence-electron chi connectivity index (χ2n) is 3.89. The molecule has 18 heavy (non-hydrogen) atoms. The minimum atomic E-state index is -0.465. The van der Waals surface area contributed by atoms with E-state index in [1.54, 1.807) is 30.7 Å². The molecule has 0 unspecified atom stereocenters. The summed E-state index contributed by atoms with van der Waals surface area (Å²) in [6.07, 6.45) is 5.35. The molecule has 0 fully saturated rings. The van der Waals surface area contributed by atoms with Crippen LogP contribution in [-0.2, 0) is 6.54 Å². The number of amides is 1. The second-order valence-corrected chi connectivity index (χ2v) is 3.89. The Bertz CT molecular complexity index is 535. The number of imidazole rings is 1. The number of nitrogens with zero attached hydrogens (tertiary/aromatic N) is 2. The van der Waals surface area contributed by atoms with E-state index in [0.29, 0.717) is 23.5 Å². The molecule has 94 valence electrons. The molecule has 1 amide bonds. The van der Waals surface area contributed by atoms with Crippen LogP contribution >= 0.6 is 0 Å². The third-order valence-electron chi connectivity index (χ3n) is 2.58. The molecular formula is C12H15N5O. The molecule has 1 aromatic carbocycles. The lowest BCUT2D eigenvalue weighted by molar-refractivity contribution is 0.100. The highest BCUT2D eigenvalue weighted by atomic mass is 16.1. The monoisotopic (exact) mass is 245 g/mol. The number of nitrogen functional groups attached to an aromatic ring is 1. The van der Waals surface area contributed by atoms with E-state index in [4.69, 9.17) is 11.5 Å². The number of nitrogens with two attached hydrogens (primary N) is 2. The highest BCUT2D eigenvalue weighted by Gasteiger charge is 2.04. The Kier molecular flexibility index (Phi) is 3.47. The van der Waals surface area contributed by atoms with Gasteiger partial charge in [0.25, 0.3) is 0 Å². The smallest absolute Gasteiger partial charge is 0.248 e. The van der Waals surface area contributed by atoms with Gasteiger partial charge in [0, 0.05) is 31.0 Å². The van der Waals surface area contributed by atoms with Crippen LogP contribution in [-0.4, -0.2) is 22.0 Å². The normalized spacial score (nSPS) is 10.2. The molecule has 0 aliphatic heterocycles. The predicted octanol–water partition coefficient (Wildman–Crippen LogP) is 0.676. The average Bonchev–Trinajstić information content (AvgIpc) is 2.84. The Morgan fingerprint density at radius 2 is 2.28 bits per heavy atom. The summed E-state index contributed by atoms with van der Waals surface area (Å²) in [5.74, 6) is -0.465. The van der Waals surface area contributed by atoms with Gasteiger partial charge in [-0.05, 0) is 18.2 Å². The zero-order valence-corrected chi connectivity index (χ0v) is 9.84. The van der Waals surface area contributed by atoms with Crippen LogP contribution in [0.25, 0.3) is 0 Å². The first-order chi connectivity index (χ1) is 8.66. The first-order valence-electron chi connectivity index (χ1n) is 5.56. The highest BCUT2D eigenvalue weighted by Crippen LogP contribution is 2.19. The van der Waals surface area contributed by atoms with Crippen LogP contribution < -0.4 is 16.8 Å². The van der Waals surface area contributed by atoms with Gasteiger partial charge in [-0.2, -0.15) is 0 Å². The van der Waals surface area contributed by atoms with E-state index in [1.807, 2.05) is 10.8 Å². The fourth-order valence-electron chi connectivity index (χ4n) is 1.60. The number of primary amides is 1. The number of carbonyl (C=O) groups is 1. The Morgan fingerprint density at radius 3 is 2.94 bits per heavy atom. The molecule has 6 heteroatoms. The summed E-state index contributed by atoms with van der Waals surface area (Å²) >= 11 is 0. The van der Waals surface area contributed by atoms with Gasteiger partial charge in [0.2, 0.25) is 5.91 Å². The summed E-state index contributed by atoms with van der Waals surface area (Å²) in [5, 5.41) is 3.17. The number of hydrogen-bond donors (Lipinski definition) is 3. The zero-order chi connectivity index (χ0) is 13.0. The molecule has 0 aliphatic rings. The number of anilines is 2. The van der Waals surface area contributed by atoms with Gasteiger partial charge in [-0.1, -0.05) is 0 Å². The van der Waals surface area contributed by atoms with Crippen LogP contribution in [0.15, 0.2) is 36.9 Å². The fourth-order valence-corrected chi connectivity index (χ4v) is 1.60. The number of aromatic nitrogens is 2. The van der Waals surface area contributed by atoms with Gasteiger partial charge in [-0.25, -0.2) is 4.98 Å². The van der Waals surface area contributed by atoms with E-state index < -0.39 is 5.91 Å². The number of nitrogens with one attached hydrogen (secondary N) is 1. The van der Waals surface area contributed by atoms with Gasteiger partial charge in [0.1, 0.15) is 0 Å². The van der Waals surface area contributed by atoms with Crippen molar-refractivity contribution in [1.82, 2.24) is 9.55 Å². The van der Waals surface area contributed by atoms with Gasteiger partial charge < -0.3 is 21.4 Å². The molecule has 2 rings (SSSR count). The Labute approximate surface area is 105 Å². The lowest BCUT2D eigenvalue weighted by Crippen LogP contribution is -2.14. The van der Waals surface area contributed by atoms with Crippen molar-refractivity contribution in [2.45, 2.75) is 6.54 Å². The third kappa shape index (κ3) is 2.79. The highest BCUT2D eigenvalue weighted by molar-refractivity contribution is 5.94. The Morgan fingerprint density at radius 1 is 1.44 bits per heavy atom. The van der Waals surface area contributed by atoms with Crippen LogP contribution in [0.1, 0.15) is 10.4 Å². The summed E-state index contributed by atoms with van der Waals surface area (Å²) in [6.45, 7) is 1.45. The van der Waals surface area contributed by atoms with Gasteiger partial charge in [0.15, 0.2) is 0 Å². The lowest BCUT2D eigenvalue weighted by atomic mass is 10.1. The van der Waals surface area contributed by atoms with Crippen molar-refractivity contribution < 1.29 is 4.79 Å². The lowest BCUT2D eigenvalue weighted by Gasteiger charge is -2.10. The molecule has 1 aromatic heterocycles. The molecule has 0 spiro atoms. The number of carbonyl (C=O) groups excluding carboxylic acids is 1. The molecule has 6 nitrogen and oxygen atoms in total. The molecule has 0 radical (unpaired) electrons. The van der Waals surface area contributed by atoms with Crippen LogP contribution in [0.4, 0.5) is 11.4 Å². The largest absolute Gasteiger partial charge is 0.397 e. The van der Waals surface area contributed by atoms with Gasteiger partial charge in [0.05, 0.1) is 17.7 Å². The Balaban J connectivity index is 2.00. The summed E-state index contributed by atoms with van der Waals surface area (Å²) in [4.78, 5) is 15.0. The topological polar surface area (TPSA) is 99.0 Å². The summed E-state index contributed by atoms with van der Waals surface area (Å²) in [7, 11) is 0. The first kappa shape index (κ1) is 12.0. The van der Waals surface area contributed by atoms with Crippen molar-refractivity contribution in [1.29, 1.82) is 0 Å². The SMILES string of the molecule is NC(=O)c1ccc(N)c(NCCn2ccnc2)c1. The molecule has 0 saturated heterocycles. The maximum Gasteiger partial charge on any atom is 0.248 e. The third-order valence-corrected chi connectivity index (χ3v) is 2.58. The van der Waals surface area contributed by atoms with Gasteiger partial charge in [-0.15, -0.1) is 0 Å². The quantitative estimate of drug-likeness (QED) is 0.674. The van der Waals surface area contributed by atoms with E-state index in [2.05, 4.69) is 10.3 Å². The van der Waals surface area contributed by atoms with E-state index in [-0.39, 0.29) is 0 Å². The van der Waals surface area contributed by atoms with E-state index in [9.17, 15) is 4.79 Å². The zero-order valence-electron chi connectivity index (χ0n) is 9.84. The molecule has 5 N–H and O–H groups in total. The molecule has 0 aliphatic carbocycles. The minimum Gasteiger partial charge on any atom is -0.397 e. The molecule has 0 bridgehead atoms. The summed E-state index contributed by atoms with van der Waals surface area (Å²) < 4.78 is 1.95. The molecule has 0 saturated carbocycles. The Hall–Kier alpha value is -2.50. The van der Waals surface area contributed by atoms with E-state index in [0.717, 1.165) is 6.54 Å². The minimum absolute atomic E-state index is 0.439. The molecule has 0 atom stereocenters. The van der Waals surface area contributed by atoms with Crippen LogP contribution in [0, 0.1) is 0 Å². The van der Waals surface area contributed by atoms with Crippen molar-refractivity contribution in [3.05, 3.63) is 42.5 Å². The van der Waals surface area contributed by atoms with Crippen LogP contribution in [0.3, 0.4) is 0 Å². The van der Waals surface area contributed by atoms with Crippen LogP contribution in [0.5, 0.6) is 0 Å². The number of benzene rings is 1. The molecule has 2 aromatic rings. The maximum absolute atomic E-state index is 11.1. The standard InChI is InChI=1S/C12H15N5O/c13-10-2-1-9(12(14)18)7-11(10)16-4-6-17-5-3-15-8-17/h1-3,5,7-8,16H,4,6,13H2,(H2,14,18). The molecule has 1 heterocycles.